The van der Waals surface area contributed by atoms with Crippen LogP contribution in [0.15, 0.2) is 88.3 Å². The van der Waals surface area contributed by atoms with Crippen LogP contribution in [0, 0.1) is 6.92 Å². The summed E-state index contributed by atoms with van der Waals surface area (Å²) < 4.78 is 5.91. The molecule has 0 saturated heterocycles. The molecule has 1 aromatic heterocycles. The zero-order chi connectivity index (χ0) is 18.6. The van der Waals surface area contributed by atoms with Gasteiger partial charge in [-0.05, 0) is 48.9 Å². The predicted molar refractivity (Wildman–Crippen MR) is 112 cm³/mol. The van der Waals surface area contributed by atoms with E-state index >= 15 is 0 Å². The zero-order valence-corrected chi connectivity index (χ0v) is 15.2. The normalized spacial score (nSPS) is 11.3. The lowest BCUT2D eigenvalue weighted by atomic mass is 10.1. The predicted octanol–water partition coefficient (Wildman–Crippen LogP) is 5.32. The average Bonchev–Trinajstić information content (AvgIpc) is 3.12. The molecule has 0 spiro atoms. The molecule has 4 aromatic rings. The molecular formula is C23H21N3O. The summed E-state index contributed by atoms with van der Waals surface area (Å²) in [7, 11) is 0. The van der Waals surface area contributed by atoms with Gasteiger partial charge in [-0.15, -0.1) is 0 Å². The topological polar surface area (TPSA) is 54.8 Å². The molecule has 4 rings (SSSR count). The number of benzene rings is 3. The van der Waals surface area contributed by atoms with E-state index in [1.807, 2.05) is 60.7 Å². The maximum atomic E-state index is 6.10. The average molecular weight is 355 g/mol. The molecule has 2 N–H and O–H groups in total. The first-order valence-corrected chi connectivity index (χ1v) is 8.87. The molecule has 0 fully saturated rings. The highest BCUT2D eigenvalue weighted by atomic mass is 16.3. The van der Waals surface area contributed by atoms with Gasteiger partial charge in [-0.2, -0.15) is 0 Å². The Labute approximate surface area is 158 Å². The maximum absolute atomic E-state index is 6.10. The summed E-state index contributed by atoms with van der Waals surface area (Å²) in [5.41, 5.74) is 5.16. The Kier molecular flexibility index (Phi) is 4.73. The summed E-state index contributed by atoms with van der Waals surface area (Å²) in [6, 6.07) is 26.3. The van der Waals surface area contributed by atoms with Gasteiger partial charge < -0.3 is 4.42 Å². The van der Waals surface area contributed by atoms with E-state index in [1.54, 1.807) is 6.34 Å². The fourth-order valence-electron chi connectivity index (χ4n) is 3.03. The van der Waals surface area contributed by atoms with Gasteiger partial charge in [-0.1, -0.05) is 48.0 Å². The van der Waals surface area contributed by atoms with Crippen molar-refractivity contribution in [2.75, 3.05) is 5.01 Å². The minimum atomic E-state index is 0.604. The molecule has 4 heteroatoms. The fraction of sp³-hybridized carbons (Fsp3) is 0.0870. The summed E-state index contributed by atoms with van der Waals surface area (Å²) in [5.74, 6) is 6.95. The second-order valence-electron chi connectivity index (χ2n) is 6.55. The number of furan rings is 1. The zero-order valence-electron chi connectivity index (χ0n) is 15.2. The minimum absolute atomic E-state index is 0.604. The van der Waals surface area contributed by atoms with Crippen LogP contribution in [-0.4, -0.2) is 6.34 Å². The highest BCUT2D eigenvalue weighted by molar-refractivity contribution is 5.83. The molecule has 0 amide bonds. The van der Waals surface area contributed by atoms with Crippen LogP contribution in [0.5, 0.6) is 0 Å². The smallest absolute Gasteiger partial charge is 0.135 e. The van der Waals surface area contributed by atoms with E-state index in [0.717, 1.165) is 28.0 Å². The number of anilines is 1. The van der Waals surface area contributed by atoms with Gasteiger partial charge in [-0.3, -0.25) is 10.0 Å². The molecule has 1 heterocycles. The van der Waals surface area contributed by atoms with Crippen LogP contribution < -0.4 is 10.9 Å². The number of nitrogens with zero attached hydrogens (tertiary/aromatic N) is 2. The van der Waals surface area contributed by atoms with Crippen LogP contribution in [-0.2, 0) is 6.54 Å². The van der Waals surface area contributed by atoms with E-state index < -0.39 is 0 Å². The van der Waals surface area contributed by atoms with Crippen molar-refractivity contribution in [2.45, 2.75) is 13.5 Å². The number of hydrogen-bond donors (Lipinski definition) is 1. The summed E-state index contributed by atoms with van der Waals surface area (Å²) >= 11 is 0. The Morgan fingerprint density at radius 3 is 2.56 bits per heavy atom. The van der Waals surface area contributed by atoms with Gasteiger partial charge >= 0.3 is 0 Å². The number of rotatable bonds is 5. The number of hydrogen-bond acceptors (Lipinski definition) is 3. The lowest BCUT2D eigenvalue weighted by Gasteiger charge is -2.13. The van der Waals surface area contributed by atoms with E-state index in [0.29, 0.717) is 6.54 Å². The van der Waals surface area contributed by atoms with Crippen molar-refractivity contribution in [1.29, 1.82) is 0 Å². The summed E-state index contributed by atoms with van der Waals surface area (Å²) in [4.78, 5) is 4.43. The highest BCUT2D eigenvalue weighted by Crippen LogP contribution is 2.28. The third-order valence-electron chi connectivity index (χ3n) is 4.44. The maximum Gasteiger partial charge on any atom is 0.135 e. The third kappa shape index (κ3) is 3.91. The highest BCUT2D eigenvalue weighted by Gasteiger charge is 2.06. The van der Waals surface area contributed by atoms with E-state index in [2.05, 4.69) is 30.1 Å². The summed E-state index contributed by atoms with van der Waals surface area (Å²) in [6.07, 6.45) is 1.65. The molecule has 0 saturated carbocycles. The SMILES string of the molecule is Cc1cccc(CN=CN(N)c2ccc(-c3cc4ccccc4o3)cc2)c1. The molecule has 4 nitrogen and oxygen atoms in total. The molecule has 0 bridgehead atoms. The molecule has 134 valence electrons. The first-order valence-electron chi connectivity index (χ1n) is 8.87. The van der Waals surface area contributed by atoms with Crippen molar-refractivity contribution in [3.05, 3.63) is 90.0 Å². The van der Waals surface area contributed by atoms with E-state index in [1.165, 1.54) is 16.1 Å². The largest absolute Gasteiger partial charge is 0.456 e. The molecule has 0 aliphatic rings. The van der Waals surface area contributed by atoms with Crippen molar-refractivity contribution < 1.29 is 4.42 Å². The third-order valence-corrected chi connectivity index (χ3v) is 4.44. The molecule has 0 aliphatic heterocycles. The van der Waals surface area contributed by atoms with Crippen LogP contribution in [0.25, 0.3) is 22.3 Å². The van der Waals surface area contributed by atoms with Gasteiger partial charge in [0.05, 0.1) is 12.2 Å². The molecule has 27 heavy (non-hydrogen) atoms. The molecule has 3 aromatic carbocycles. The quantitative estimate of drug-likeness (QED) is 0.228. The molecule has 0 radical (unpaired) electrons. The van der Waals surface area contributed by atoms with Crippen LogP contribution in [0.3, 0.4) is 0 Å². The van der Waals surface area contributed by atoms with Crippen LogP contribution in [0.4, 0.5) is 5.69 Å². The molecule has 0 unspecified atom stereocenters. The van der Waals surface area contributed by atoms with Crippen molar-refractivity contribution in [3.8, 4) is 11.3 Å². The van der Waals surface area contributed by atoms with Gasteiger partial charge in [0, 0.05) is 10.9 Å². The minimum Gasteiger partial charge on any atom is -0.456 e. The molecule has 0 aliphatic carbocycles. The van der Waals surface area contributed by atoms with Gasteiger partial charge in [0.15, 0.2) is 0 Å². The first kappa shape index (κ1) is 17.1. The molecule has 0 atom stereocenters. The van der Waals surface area contributed by atoms with Gasteiger partial charge in [0.2, 0.25) is 0 Å². The standard InChI is InChI=1S/C23H21N3O/c1-17-5-4-6-18(13-17)15-25-16-26(24)21-11-9-19(10-12-21)23-14-20-7-2-3-8-22(20)27-23/h2-14,16H,15,24H2,1H3. The number of nitrogens with two attached hydrogens (primary N) is 1. The van der Waals surface area contributed by atoms with E-state index in [4.69, 9.17) is 10.3 Å². The van der Waals surface area contributed by atoms with Crippen LogP contribution >= 0.6 is 0 Å². The van der Waals surface area contributed by atoms with Crippen molar-refractivity contribution in [3.63, 3.8) is 0 Å². The number of aryl methyl sites for hydroxylation is 1. The summed E-state index contributed by atoms with van der Waals surface area (Å²) in [6.45, 7) is 2.68. The fourth-order valence-corrected chi connectivity index (χ4v) is 3.03. The van der Waals surface area contributed by atoms with Crippen molar-refractivity contribution in [2.24, 2.45) is 10.8 Å². The van der Waals surface area contributed by atoms with Crippen LogP contribution in [0.1, 0.15) is 11.1 Å². The Balaban J connectivity index is 1.45. The lowest BCUT2D eigenvalue weighted by molar-refractivity contribution is 0.631. The number of para-hydroxylation sites is 1. The van der Waals surface area contributed by atoms with Gasteiger partial charge in [0.1, 0.15) is 17.7 Å². The number of aliphatic imine (C=N–C) groups is 1. The van der Waals surface area contributed by atoms with Crippen molar-refractivity contribution >= 4 is 23.0 Å². The second kappa shape index (κ2) is 7.48. The van der Waals surface area contributed by atoms with Gasteiger partial charge in [0.25, 0.3) is 0 Å². The Morgan fingerprint density at radius 1 is 0.963 bits per heavy atom. The van der Waals surface area contributed by atoms with Gasteiger partial charge in [-0.25, -0.2) is 5.84 Å². The lowest BCUT2D eigenvalue weighted by Crippen LogP contribution is -2.28. The second-order valence-corrected chi connectivity index (χ2v) is 6.55. The van der Waals surface area contributed by atoms with Crippen molar-refractivity contribution in [1.82, 2.24) is 0 Å². The first-order chi connectivity index (χ1) is 13.2. The van der Waals surface area contributed by atoms with E-state index in [9.17, 15) is 0 Å². The molecular weight excluding hydrogens is 334 g/mol. The number of fused-ring (bicyclic) bond motifs is 1. The number of hydrazine groups is 1. The Bertz CT molecular complexity index is 1050. The Hall–Kier alpha value is -3.37. The van der Waals surface area contributed by atoms with E-state index in [-0.39, 0.29) is 0 Å². The monoisotopic (exact) mass is 355 g/mol. The Morgan fingerprint density at radius 2 is 1.78 bits per heavy atom. The van der Waals surface area contributed by atoms with Crippen LogP contribution in [0.2, 0.25) is 0 Å². The summed E-state index contributed by atoms with van der Waals surface area (Å²) in [5, 5.41) is 2.62.